The van der Waals surface area contributed by atoms with Crippen molar-refractivity contribution < 1.29 is 38.4 Å². The van der Waals surface area contributed by atoms with Gasteiger partial charge in [0.1, 0.15) is 5.75 Å². The number of hydrogen-bond acceptors (Lipinski definition) is 8. The van der Waals surface area contributed by atoms with Crippen LogP contribution in [0.2, 0.25) is 0 Å². The van der Waals surface area contributed by atoms with Crippen molar-refractivity contribution in [2.24, 2.45) is 0 Å². The molecule has 0 radical (unpaired) electrons. The van der Waals surface area contributed by atoms with Gasteiger partial charge in [-0.15, -0.1) is 0 Å². The molecular formula is C31H58O8. The summed E-state index contributed by atoms with van der Waals surface area (Å²) in [6.45, 7) is 17.0. The minimum absolute atomic E-state index is 0. The van der Waals surface area contributed by atoms with Crippen molar-refractivity contribution in [3.63, 3.8) is 0 Å². The maximum atomic E-state index is 11.8. The molecule has 3 atom stereocenters. The van der Waals surface area contributed by atoms with Gasteiger partial charge in [0.25, 0.3) is 0 Å². The molecule has 0 aromatic heterocycles. The summed E-state index contributed by atoms with van der Waals surface area (Å²) in [6.07, 6.45) is 5.04. The molecular weight excluding hydrogens is 500 g/mol. The Labute approximate surface area is 239 Å². The van der Waals surface area contributed by atoms with Crippen molar-refractivity contribution in [3.8, 4) is 5.75 Å². The molecule has 0 saturated heterocycles. The maximum absolute atomic E-state index is 11.8. The van der Waals surface area contributed by atoms with E-state index in [0.29, 0.717) is 24.5 Å². The van der Waals surface area contributed by atoms with Crippen LogP contribution >= 0.6 is 0 Å². The highest BCUT2D eigenvalue weighted by Crippen LogP contribution is 2.14. The number of carbonyl (C=O) groups is 3. The summed E-state index contributed by atoms with van der Waals surface area (Å²) >= 11 is 0. The molecule has 1 aromatic carbocycles. The lowest BCUT2D eigenvalue weighted by Gasteiger charge is -2.11. The number of aliphatic hydroxyl groups is 1. The third-order valence-corrected chi connectivity index (χ3v) is 4.72. The van der Waals surface area contributed by atoms with Crippen molar-refractivity contribution >= 4 is 17.9 Å². The fourth-order valence-corrected chi connectivity index (χ4v) is 2.01. The van der Waals surface area contributed by atoms with Gasteiger partial charge >= 0.3 is 17.9 Å². The lowest BCUT2D eigenvalue weighted by Crippen LogP contribution is -2.13. The highest BCUT2D eigenvalue weighted by Gasteiger charge is 2.10. The van der Waals surface area contributed by atoms with Gasteiger partial charge in [0.05, 0.1) is 37.1 Å². The first-order chi connectivity index (χ1) is 17.0. The van der Waals surface area contributed by atoms with Gasteiger partial charge in [-0.25, -0.2) is 9.59 Å². The molecule has 3 unspecified atom stereocenters. The highest BCUT2D eigenvalue weighted by atomic mass is 16.5. The van der Waals surface area contributed by atoms with Gasteiger partial charge in [-0.05, 0) is 77.1 Å². The number of benzene rings is 1. The van der Waals surface area contributed by atoms with Gasteiger partial charge in [-0.1, -0.05) is 49.6 Å². The standard InChI is InChI=1S/C18H24O5.C6H12O2.C4H10O.3CH4/c1-4-14(3)23-18(20)15-8-10-16(11-9-15)21-12-6-7-13-22-17(19)5-2;1-4-5(2)8-6(3)7;1-3-4(2)5;;;/h5,8-11,14H,2,4,6-7,12-13H2,1,3H3;5H,4H2,1-3H3;4-5H,3H2,1-2H3;3*1H4. The Bertz CT molecular complexity index is 729. The smallest absolute Gasteiger partial charge is 0.338 e. The first-order valence-corrected chi connectivity index (χ1v) is 12.6. The Morgan fingerprint density at radius 2 is 1.31 bits per heavy atom. The normalized spacial score (nSPS) is 11.3. The first kappa shape index (κ1) is 46.0. The Kier molecular flexibility index (Phi) is 35.0. The minimum Gasteiger partial charge on any atom is -0.494 e. The maximum Gasteiger partial charge on any atom is 0.338 e. The Hall–Kier alpha value is -2.87. The molecule has 8 heteroatoms. The average molecular weight is 559 g/mol. The molecule has 0 aliphatic carbocycles. The Morgan fingerprint density at radius 3 is 1.69 bits per heavy atom. The van der Waals surface area contributed by atoms with Crippen LogP contribution in [0, 0.1) is 0 Å². The second-order valence-corrected chi connectivity index (χ2v) is 8.16. The van der Waals surface area contributed by atoms with E-state index in [-0.39, 0.29) is 52.5 Å². The molecule has 0 fully saturated rings. The summed E-state index contributed by atoms with van der Waals surface area (Å²) in [5.74, 6) is -0.242. The molecule has 0 amide bonds. The molecule has 1 N–H and O–H groups in total. The number of unbranched alkanes of at least 4 members (excludes halogenated alkanes) is 1. The van der Waals surface area contributed by atoms with Crippen molar-refractivity contribution in [2.75, 3.05) is 13.2 Å². The summed E-state index contributed by atoms with van der Waals surface area (Å²) in [5.41, 5.74) is 0.508. The first-order valence-electron chi connectivity index (χ1n) is 12.6. The fraction of sp³-hybridized carbons (Fsp3) is 0.645. The van der Waals surface area contributed by atoms with Gasteiger partial charge < -0.3 is 24.1 Å². The van der Waals surface area contributed by atoms with E-state index in [2.05, 4.69) is 6.58 Å². The number of rotatable bonds is 13. The summed E-state index contributed by atoms with van der Waals surface area (Å²) in [4.78, 5) is 32.8. The van der Waals surface area contributed by atoms with Crippen LogP contribution in [0.4, 0.5) is 0 Å². The Balaban J connectivity index is -0.000000202. The molecule has 39 heavy (non-hydrogen) atoms. The summed E-state index contributed by atoms with van der Waals surface area (Å²) < 4.78 is 20.4. The molecule has 0 aliphatic heterocycles. The van der Waals surface area contributed by atoms with Crippen molar-refractivity contribution in [3.05, 3.63) is 42.5 Å². The second kappa shape index (κ2) is 29.7. The van der Waals surface area contributed by atoms with Gasteiger partial charge in [0.15, 0.2) is 0 Å². The summed E-state index contributed by atoms with van der Waals surface area (Å²) in [6, 6.07) is 6.85. The summed E-state index contributed by atoms with van der Waals surface area (Å²) in [7, 11) is 0. The molecule has 0 saturated carbocycles. The fourth-order valence-electron chi connectivity index (χ4n) is 2.01. The molecule has 1 aromatic rings. The van der Waals surface area contributed by atoms with E-state index < -0.39 is 5.97 Å². The lowest BCUT2D eigenvalue weighted by molar-refractivity contribution is -0.145. The zero-order valence-electron chi connectivity index (χ0n) is 23.1. The van der Waals surface area contributed by atoms with Gasteiger partial charge in [-0.2, -0.15) is 0 Å². The van der Waals surface area contributed by atoms with Gasteiger partial charge in [0, 0.05) is 13.0 Å². The van der Waals surface area contributed by atoms with Crippen LogP contribution in [-0.2, 0) is 23.8 Å². The quantitative estimate of drug-likeness (QED) is 0.114. The zero-order valence-corrected chi connectivity index (χ0v) is 23.1. The van der Waals surface area contributed by atoms with E-state index in [9.17, 15) is 14.4 Å². The van der Waals surface area contributed by atoms with E-state index >= 15 is 0 Å². The van der Waals surface area contributed by atoms with E-state index in [1.807, 2.05) is 34.6 Å². The SMILES string of the molecule is C.C.C.C=CC(=O)OCCCCOc1ccc(C(=O)OC(C)CC)cc1.CCC(C)O.CCC(C)OC(C)=O. The average Bonchev–Trinajstić information content (AvgIpc) is 2.86. The van der Waals surface area contributed by atoms with Crippen LogP contribution in [0.1, 0.15) is 113 Å². The molecule has 1 rings (SSSR count). The number of hydrogen-bond donors (Lipinski definition) is 1. The second-order valence-electron chi connectivity index (χ2n) is 8.16. The third kappa shape index (κ3) is 29.5. The number of aliphatic hydroxyl groups excluding tert-OH is 1. The molecule has 0 spiro atoms. The molecule has 8 nitrogen and oxygen atoms in total. The van der Waals surface area contributed by atoms with Crippen molar-refractivity contribution in [1.29, 1.82) is 0 Å². The molecule has 0 aliphatic rings. The topological polar surface area (TPSA) is 108 Å². The van der Waals surface area contributed by atoms with E-state index in [1.165, 1.54) is 6.92 Å². The van der Waals surface area contributed by atoms with Gasteiger partial charge in [0.2, 0.25) is 0 Å². The van der Waals surface area contributed by atoms with Crippen molar-refractivity contribution in [2.45, 2.75) is 121 Å². The number of esters is 3. The third-order valence-electron chi connectivity index (χ3n) is 4.72. The van der Waals surface area contributed by atoms with E-state index in [0.717, 1.165) is 38.2 Å². The van der Waals surface area contributed by atoms with E-state index in [1.54, 1.807) is 31.2 Å². The van der Waals surface area contributed by atoms with Crippen LogP contribution in [0.3, 0.4) is 0 Å². The molecule has 0 bridgehead atoms. The monoisotopic (exact) mass is 558 g/mol. The predicted octanol–water partition coefficient (Wildman–Crippen LogP) is 7.56. The lowest BCUT2D eigenvalue weighted by atomic mass is 10.2. The van der Waals surface area contributed by atoms with Crippen LogP contribution in [0.15, 0.2) is 36.9 Å². The number of ether oxygens (including phenoxy) is 4. The minimum atomic E-state index is -0.411. The number of carbonyl (C=O) groups excluding carboxylic acids is 3. The zero-order chi connectivity index (χ0) is 27.9. The van der Waals surface area contributed by atoms with Crippen LogP contribution in [-0.4, -0.2) is 54.5 Å². The largest absolute Gasteiger partial charge is 0.494 e. The Morgan fingerprint density at radius 1 is 0.846 bits per heavy atom. The predicted molar refractivity (Wildman–Crippen MR) is 161 cm³/mol. The van der Waals surface area contributed by atoms with Crippen molar-refractivity contribution in [1.82, 2.24) is 0 Å². The van der Waals surface area contributed by atoms with E-state index in [4.69, 9.17) is 24.1 Å². The van der Waals surface area contributed by atoms with Crippen LogP contribution in [0.5, 0.6) is 5.75 Å². The summed E-state index contributed by atoms with van der Waals surface area (Å²) in [5, 5.41) is 8.36. The van der Waals surface area contributed by atoms with Gasteiger partial charge in [-0.3, -0.25) is 4.79 Å². The van der Waals surface area contributed by atoms with Crippen LogP contribution in [0.25, 0.3) is 0 Å². The highest BCUT2D eigenvalue weighted by molar-refractivity contribution is 5.89. The molecule has 0 heterocycles. The molecule has 230 valence electrons. The van der Waals surface area contributed by atoms with Crippen LogP contribution < -0.4 is 4.74 Å².